The van der Waals surface area contributed by atoms with Gasteiger partial charge >= 0.3 is 6.36 Å². The van der Waals surface area contributed by atoms with Crippen LogP contribution in [0.1, 0.15) is 50.5 Å². The zero-order valence-electron chi connectivity index (χ0n) is 13.6. The molecule has 0 radical (unpaired) electrons. The SMILES string of the molecule is N[C@H](CC1CCCCC1)c1nc(-c2ccc(OC(F)(F)F)cc2)no1. The van der Waals surface area contributed by atoms with Crippen LogP contribution in [0.3, 0.4) is 0 Å². The summed E-state index contributed by atoms with van der Waals surface area (Å²) >= 11 is 0. The monoisotopic (exact) mass is 355 g/mol. The summed E-state index contributed by atoms with van der Waals surface area (Å²) in [4.78, 5) is 4.28. The fourth-order valence-electron chi connectivity index (χ4n) is 3.19. The molecule has 0 unspecified atom stereocenters. The van der Waals surface area contributed by atoms with Crippen LogP contribution < -0.4 is 10.5 Å². The normalized spacial score (nSPS) is 17.4. The molecule has 1 fully saturated rings. The fourth-order valence-corrected chi connectivity index (χ4v) is 3.19. The van der Waals surface area contributed by atoms with E-state index in [1.54, 1.807) is 0 Å². The molecular weight excluding hydrogens is 335 g/mol. The average molecular weight is 355 g/mol. The lowest BCUT2D eigenvalue weighted by Crippen LogP contribution is -2.17. The minimum atomic E-state index is -4.72. The van der Waals surface area contributed by atoms with E-state index in [9.17, 15) is 13.2 Å². The fraction of sp³-hybridized carbons (Fsp3) is 0.529. The van der Waals surface area contributed by atoms with E-state index in [4.69, 9.17) is 10.3 Å². The van der Waals surface area contributed by atoms with E-state index in [0.29, 0.717) is 23.2 Å². The number of halogens is 3. The first-order chi connectivity index (χ1) is 11.9. The van der Waals surface area contributed by atoms with Crippen LogP contribution >= 0.6 is 0 Å². The molecule has 0 aliphatic heterocycles. The first kappa shape index (κ1) is 17.7. The minimum Gasteiger partial charge on any atom is -0.406 e. The van der Waals surface area contributed by atoms with Crippen molar-refractivity contribution in [2.24, 2.45) is 11.7 Å². The predicted molar refractivity (Wildman–Crippen MR) is 84.5 cm³/mol. The van der Waals surface area contributed by atoms with E-state index in [1.165, 1.54) is 56.4 Å². The molecule has 136 valence electrons. The molecule has 0 bridgehead atoms. The smallest absolute Gasteiger partial charge is 0.406 e. The Kier molecular flexibility index (Phi) is 5.27. The molecule has 1 aromatic heterocycles. The summed E-state index contributed by atoms with van der Waals surface area (Å²) in [7, 11) is 0. The number of aromatic nitrogens is 2. The molecule has 0 saturated heterocycles. The average Bonchev–Trinajstić information content (AvgIpc) is 3.05. The molecule has 25 heavy (non-hydrogen) atoms. The molecule has 1 aliphatic carbocycles. The predicted octanol–water partition coefficient (Wildman–Crippen LogP) is 4.61. The number of hydrogen-bond acceptors (Lipinski definition) is 5. The zero-order valence-corrected chi connectivity index (χ0v) is 13.6. The van der Waals surface area contributed by atoms with E-state index in [1.807, 2.05) is 0 Å². The lowest BCUT2D eigenvalue weighted by molar-refractivity contribution is -0.274. The highest BCUT2D eigenvalue weighted by Gasteiger charge is 2.31. The van der Waals surface area contributed by atoms with Crippen molar-refractivity contribution in [3.63, 3.8) is 0 Å². The summed E-state index contributed by atoms with van der Waals surface area (Å²) in [5.74, 6) is 0.940. The van der Waals surface area contributed by atoms with Crippen molar-refractivity contribution >= 4 is 0 Å². The number of rotatable bonds is 5. The molecule has 0 amide bonds. The summed E-state index contributed by atoms with van der Waals surface area (Å²) in [5.41, 5.74) is 6.71. The molecule has 0 spiro atoms. The zero-order chi connectivity index (χ0) is 17.9. The summed E-state index contributed by atoms with van der Waals surface area (Å²) in [6, 6.07) is 4.99. The van der Waals surface area contributed by atoms with Gasteiger partial charge in [-0.25, -0.2) is 0 Å². The first-order valence-electron chi connectivity index (χ1n) is 8.36. The maximum Gasteiger partial charge on any atom is 0.573 e. The Hall–Kier alpha value is -2.09. The topological polar surface area (TPSA) is 74.2 Å². The second-order valence-corrected chi connectivity index (χ2v) is 6.37. The Morgan fingerprint density at radius 2 is 1.84 bits per heavy atom. The molecule has 1 aliphatic rings. The molecule has 2 N–H and O–H groups in total. The highest BCUT2D eigenvalue weighted by Crippen LogP contribution is 2.31. The number of ether oxygens (including phenoxy) is 1. The van der Waals surface area contributed by atoms with Gasteiger partial charge in [-0.15, -0.1) is 13.2 Å². The quantitative estimate of drug-likeness (QED) is 0.848. The summed E-state index contributed by atoms with van der Waals surface area (Å²) in [5, 5.41) is 3.88. The van der Waals surface area contributed by atoms with Crippen molar-refractivity contribution in [2.45, 2.75) is 50.9 Å². The Labute approximate surface area is 143 Å². The van der Waals surface area contributed by atoms with Crippen LogP contribution in [0.25, 0.3) is 11.4 Å². The third-order valence-electron chi connectivity index (χ3n) is 4.42. The maximum atomic E-state index is 12.2. The Balaban J connectivity index is 1.64. The molecule has 2 aromatic rings. The van der Waals surface area contributed by atoms with E-state index >= 15 is 0 Å². The van der Waals surface area contributed by atoms with Crippen LogP contribution in [0.4, 0.5) is 13.2 Å². The first-order valence-corrected chi connectivity index (χ1v) is 8.36. The summed E-state index contributed by atoms with van der Waals surface area (Å²) in [6.45, 7) is 0. The second kappa shape index (κ2) is 7.43. The van der Waals surface area contributed by atoms with Gasteiger partial charge in [0.25, 0.3) is 0 Å². The van der Waals surface area contributed by atoms with Crippen molar-refractivity contribution < 1.29 is 22.4 Å². The van der Waals surface area contributed by atoms with Gasteiger partial charge in [-0.1, -0.05) is 37.3 Å². The van der Waals surface area contributed by atoms with Gasteiger partial charge in [0.1, 0.15) is 5.75 Å². The van der Waals surface area contributed by atoms with Gasteiger partial charge in [0.2, 0.25) is 11.7 Å². The van der Waals surface area contributed by atoms with Gasteiger partial charge in [0.05, 0.1) is 6.04 Å². The van der Waals surface area contributed by atoms with E-state index in [0.717, 1.165) is 6.42 Å². The molecule has 1 heterocycles. The highest BCUT2D eigenvalue weighted by molar-refractivity contribution is 5.55. The lowest BCUT2D eigenvalue weighted by atomic mass is 9.85. The van der Waals surface area contributed by atoms with Crippen LogP contribution in [-0.4, -0.2) is 16.5 Å². The van der Waals surface area contributed by atoms with Crippen LogP contribution in [0.5, 0.6) is 5.75 Å². The second-order valence-electron chi connectivity index (χ2n) is 6.37. The highest BCUT2D eigenvalue weighted by atomic mass is 19.4. The Bertz CT molecular complexity index is 679. The Morgan fingerprint density at radius 1 is 1.16 bits per heavy atom. The van der Waals surface area contributed by atoms with Crippen LogP contribution in [0.15, 0.2) is 28.8 Å². The van der Waals surface area contributed by atoms with Crippen LogP contribution in [0.2, 0.25) is 0 Å². The van der Waals surface area contributed by atoms with E-state index in [-0.39, 0.29) is 11.8 Å². The van der Waals surface area contributed by atoms with E-state index in [2.05, 4.69) is 14.9 Å². The maximum absolute atomic E-state index is 12.2. The molecule has 5 nitrogen and oxygen atoms in total. The minimum absolute atomic E-state index is 0.297. The van der Waals surface area contributed by atoms with Gasteiger partial charge in [-0.05, 0) is 36.6 Å². The lowest BCUT2D eigenvalue weighted by Gasteiger charge is -2.22. The van der Waals surface area contributed by atoms with Gasteiger partial charge in [0.15, 0.2) is 0 Å². The molecule has 1 atom stereocenters. The molecule has 8 heteroatoms. The van der Waals surface area contributed by atoms with Crippen LogP contribution in [0, 0.1) is 5.92 Å². The largest absolute Gasteiger partial charge is 0.573 e. The number of nitrogens with two attached hydrogens (primary N) is 1. The molecular formula is C17H20F3N3O2. The van der Waals surface area contributed by atoms with Crippen molar-refractivity contribution in [2.75, 3.05) is 0 Å². The molecule has 1 saturated carbocycles. The number of benzene rings is 1. The molecule has 1 aromatic carbocycles. The van der Waals surface area contributed by atoms with Gasteiger partial charge < -0.3 is 15.0 Å². The van der Waals surface area contributed by atoms with Gasteiger partial charge in [-0.3, -0.25) is 0 Å². The van der Waals surface area contributed by atoms with Crippen molar-refractivity contribution in [1.29, 1.82) is 0 Å². The number of hydrogen-bond donors (Lipinski definition) is 1. The van der Waals surface area contributed by atoms with E-state index < -0.39 is 6.36 Å². The van der Waals surface area contributed by atoms with Crippen molar-refractivity contribution in [3.05, 3.63) is 30.2 Å². The summed E-state index contributed by atoms with van der Waals surface area (Å²) < 4.78 is 45.6. The number of nitrogens with zero attached hydrogens (tertiary/aromatic N) is 2. The van der Waals surface area contributed by atoms with Crippen molar-refractivity contribution in [1.82, 2.24) is 10.1 Å². The Morgan fingerprint density at radius 3 is 2.48 bits per heavy atom. The summed E-state index contributed by atoms with van der Waals surface area (Å²) in [6.07, 6.45) is 2.19. The van der Waals surface area contributed by atoms with Gasteiger partial charge in [-0.2, -0.15) is 4.98 Å². The third-order valence-corrected chi connectivity index (χ3v) is 4.42. The number of alkyl halides is 3. The third kappa shape index (κ3) is 4.94. The van der Waals surface area contributed by atoms with Crippen LogP contribution in [-0.2, 0) is 0 Å². The molecule has 3 rings (SSSR count). The van der Waals surface area contributed by atoms with Gasteiger partial charge in [0, 0.05) is 5.56 Å². The van der Waals surface area contributed by atoms with Crippen molar-refractivity contribution in [3.8, 4) is 17.1 Å². The standard InChI is InChI=1S/C17H20F3N3O2/c18-17(19,20)24-13-8-6-12(7-9-13)15-22-16(25-23-15)14(21)10-11-4-2-1-3-5-11/h6-9,11,14H,1-5,10,21H2/t14-/m1/s1.